The highest BCUT2D eigenvalue weighted by molar-refractivity contribution is 5.47. The van der Waals surface area contributed by atoms with Crippen LogP contribution in [0.25, 0.3) is 0 Å². The van der Waals surface area contributed by atoms with Crippen molar-refractivity contribution in [3.8, 4) is 0 Å². The quantitative estimate of drug-likeness (QED) is 0.482. The zero-order valence-electron chi connectivity index (χ0n) is 12.3. The molecule has 0 amide bonds. The summed E-state index contributed by atoms with van der Waals surface area (Å²) in [5, 5.41) is 10.4. The number of hydrogen-bond donors (Lipinski definition) is 1. The van der Waals surface area contributed by atoms with Gasteiger partial charge in [-0.25, -0.2) is 0 Å². The summed E-state index contributed by atoms with van der Waals surface area (Å²) in [5.41, 5.74) is 10.7. The van der Waals surface area contributed by atoms with Gasteiger partial charge in [0.15, 0.2) is 0 Å². The normalized spacial score (nSPS) is 9.60. The average Bonchev–Trinajstić information content (AvgIpc) is 2.38. The summed E-state index contributed by atoms with van der Waals surface area (Å²) in [7, 11) is 0. The van der Waals surface area contributed by atoms with Gasteiger partial charge in [0.05, 0.1) is 4.92 Å². The van der Waals surface area contributed by atoms with Gasteiger partial charge in [0.1, 0.15) is 0 Å². The first-order chi connectivity index (χ1) is 9.31. The maximum atomic E-state index is 10.4. The number of nitro groups is 1. The van der Waals surface area contributed by atoms with Gasteiger partial charge in [-0.2, -0.15) is 0 Å². The Hall–Kier alpha value is -2.36. The predicted molar refractivity (Wildman–Crippen MR) is 82.9 cm³/mol. The van der Waals surface area contributed by atoms with Crippen LogP contribution in [0, 0.1) is 37.8 Å². The number of nitrogens with two attached hydrogens (primary N) is 1. The van der Waals surface area contributed by atoms with Crippen molar-refractivity contribution in [2.24, 2.45) is 0 Å². The van der Waals surface area contributed by atoms with Gasteiger partial charge in [-0.3, -0.25) is 10.1 Å². The van der Waals surface area contributed by atoms with Crippen molar-refractivity contribution in [1.29, 1.82) is 0 Å². The number of anilines is 1. The Morgan fingerprint density at radius 3 is 1.80 bits per heavy atom. The fraction of sp³-hybridized carbons (Fsp3) is 0.250. The summed E-state index contributed by atoms with van der Waals surface area (Å²) in [6.07, 6.45) is 0. The molecule has 0 aliphatic rings. The van der Waals surface area contributed by atoms with Gasteiger partial charge < -0.3 is 5.73 Å². The number of hydrogen-bond acceptors (Lipinski definition) is 3. The minimum Gasteiger partial charge on any atom is -0.399 e. The first-order valence-corrected chi connectivity index (χ1v) is 6.35. The van der Waals surface area contributed by atoms with E-state index in [1.54, 1.807) is 19.1 Å². The second kappa shape index (κ2) is 6.70. The van der Waals surface area contributed by atoms with Crippen molar-refractivity contribution in [1.82, 2.24) is 0 Å². The van der Waals surface area contributed by atoms with Gasteiger partial charge in [0.25, 0.3) is 5.69 Å². The van der Waals surface area contributed by atoms with Crippen LogP contribution < -0.4 is 5.73 Å². The minimum atomic E-state index is -0.359. The molecule has 20 heavy (non-hydrogen) atoms. The molecule has 106 valence electrons. The van der Waals surface area contributed by atoms with E-state index in [0.29, 0.717) is 5.56 Å². The molecular weight excluding hydrogens is 252 g/mol. The summed E-state index contributed by atoms with van der Waals surface area (Å²) >= 11 is 0. The number of rotatable bonds is 1. The van der Waals surface area contributed by atoms with Gasteiger partial charge in [-0.15, -0.1) is 0 Å². The number of nitro benzene ring substituents is 1. The van der Waals surface area contributed by atoms with E-state index in [-0.39, 0.29) is 10.6 Å². The van der Waals surface area contributed by atoms with Gasteiger partial charge in [-0.05, 0) is 50.5 Å². The lowest BCUT2D eigenvalue weighted by atomic mass is 10.1. The molecule has 0 saturated heterocycles. The zero-order valence-corrected chi connectivity index (χ0v) is 12.3. The van der Waals surface area contributed by atoms with Crippen LogP contribution in [0.15, 0.2) is 36.4 Å². The standard InChI is InChI=1S/C8H9NO2.C8H11N/c1-6-3-4-7(2)8(5-6)9(10)11;1-6-3-4-7(2)8(9)5-6/h3-5H,1-2H3;3-5H,9H2,1-2H3. The van der Waals surface area contributed by atoms with Crippen molar-refractivity contribution < 1.29 is 4.92 Å². The minimum absolute atomic E-state index is 0.199. The van der Waals surface area contributed by atoms with Crippen LogP contribution in [0.3, 0.4) is 0 Å². The lowest BCUT2D eigenvalue weighted by Gasteiger charge is -1.98. The second-order valence-corrected chi connectivity index (χ2v) is 4.91. The SMILES string of the molecule is Cc1ccc(C)c(N)c1.Cc1ccc(C)c([N+](=O)[O-])c1. The summed E-state index contributed by atoms with van der Waals surface area (Å²) in [4.78, 5) is 10.0. The maximum absolute atomic E-state index is 10.4. The van der Waals surface area contributed by atoms with E-state index in [4.69, 9.17) is 5.73 Å². The molecule has 0 bridgehead atoms. The van der Waals surface area contributed by atoms with E-state index < -0.39 is 0 Å². The van der Waals surface area contributed by atoms with Crippen LogP contribution in [0.4, 0.5) is 11.4 Å². The summed E-state index contributed by atoms with van der Waals surface area (Å²) in [6.45, 7) is 7.62. The molecule has 4 nitrogen and oxygen atoms in total. The first kappa shape index (κ1) is 15.7. The molecule has 2 rings (SSSR count). The monoisotopic (exact) mass is 272 g/mol. The van der Waals surface area contributed by atoms with Crippen LogP contribution >= 0.6 is 0 Å². The largest absolute Gasteiger partial charge is 0.399 e. The Labute approximate surface area is 119 Å². The van der Waals surface area contributed by atoms with Crippen molar-refractivity contribution in [3.05, 3.63) is 68.8 Å². The Bertz CT molecular complexity index is 622. The van der Waals surface area contributed by atoms with E-state index >= 15 is 0 Å². The van der Waals surface area contributed by atoms with Crippen molar-refractivity contribution in [3.63, 3.8) is 0 Å². The lowest BCUT2D eigenvalue weighted by Crippen LogP contribution is -1.91. The van der Waals surface area contributed by atoms with Crippen molar-refractivity contribution in [2.75, 3.05) is 5.73 Å². The number of aryl methyl sites for hydroxylation is 4. The number of benzene rings is 2. The van der Waals surface area contributed by atoms with Gasteiger partial charge in [0, 0.05) is 17.3 Å². The smallest absolute Gasteiger partial charge is 0.272 e. The molecule has 0 unspecified atom stereocenters. The third kappa shape index (κ3) is 4.39. The molecule has 0 heterocycles. The van der Waals surface area contributed by atoms with E-state index in [2.05, 4.69) is 6.07 Å². The van der Waals surface area contributed by atoms with Crippen LogP contribution in [0.2, 0.25) is 0 Å². The number of nitrogen functional groups attached to an aromatic ring is 1. The highest BCUT2D eigenvalue weighted by Gasteiger charge is 2.08. The summed E-state index contributed by atoms with van der Waals surface area (Å²) in [6, 6.07) is 11.3. The molecule has 0 radical (unpaired) electrons. The lowest BCUT2D eigenvalue weighted by molar-refractivity contribution is -0.385. The first-order valence-electron chi connectivity index (χ1n) is 6.35. The van der Waals surface area contributed by atoms with Gasteiger partial charge in [-0.1, -0.05) is 24.3 Å². The summed E-state index contributed by atoms with van der Waals surface area (Å²) in [5.74, 6) is 0. The fourth-order valence-corrected chi connectivity index (χ4v) is 1.68. The molecule has 0 aliphatic heterocycles. The van der Waals surface area contributed by atoms with Gasteiger partial charge in [0.2, 0.25) is 0 Å². The Morgan fingerprint density at radius 2 is 1.40 bits per heavy atom. The van der Waals surface area contributed by atoms with E-state index in [9.17, 15) is 10.1 Å². The summed E-state index contributed by atoms with van der Waals surface area (Å²) < 4.78 is 0. The Balaban J connectivity index is 0.000000204. The molecule has 0 atom stereocenters. The molecule has 2 aromatic rings. The molecule has 0 saturated carbocycles. The highest BCUT2D eigenvalue weighted by atomic mass is 16.6. The molecule has 4 heteroatoms. The Kier molecular flexibility index (Phi) is 5.26. The average molecular weight is 272 g/mol. The molecule has 0 spiro atoms. The molecule has 2 aromatic carbocycles. The molecule has 2 N–H and O–H groups in total. The third-order valence-electron chi connectivity index (χ3n) is 3.00. The van der Waals surface area contributed by atoms with Gasteiger partial charge >= 0.3 is 0 Å². The molecule has 0 fully saturated rings. The van der Waals surface area contributed by atoms with Crippen LogP contribution in [0.5, 0.6) is 0 Å². The van der Waals surface area contributed by atoms with Crippen LogP contribution in [0.1, 0.15) is 22.3 Å². The van der Waals surface area contributed by atoms with Crippen LogP contribution in [-0.4, -0.2) is 4.92 Å². The third-order valence-corrected chi connectivity index (χ3v) is 3.00. The predicted octanol–water partition coefficient (Wildman–Crippen LogP) is 4.10. The molecular formula is C16H20N2O2. The Morgan fingerprint density at radius 1 is 0.900 bits per heavy atom. The van der Waals surface area contributed by atoms with Crippen LogP contribution in [-0.2, 0) is 0 Å². The molecule has 0 aromatic heterocycles. The van der Waals surface area contributed by atoms with Crippen molar-refractivity contribution in [2.45, 2.75) is 27.7 Å². The highest BCUT2D eigenvalue weighted by Crippen LogP contribution is 2.18. The second-order valence-electron chi connectivity index (χ2n) is 4.91. The van der Waals surface area contributed by atoms with E-state index in [1.807, 2.05) is 39.0 Å². The fourth-order valence-electron chi connectivity index (χ4n) is 1.68. The topological polar surface area (TPSA) is 69.2 Å². The van der Waals surface area contributed by atoms with Crippen molar-refractivity contribution >= 4 is 11.4 Å². The maximum Gasteiger partial charge on any atom is 0.272 e. The van der Waals surface area contributed by atoms with E-state index in [1.165, 1.54) is 5.56 Å². The number of nitrogens with zero attached hydrogens (tertiary/aromatic N) is 1. The molecule has 0 aliphatic carbocycles. The van der Waals surface area contributed by atoms with E-state index in [0.717, 1.165) is 16.8 Å². The zero-order chi connectivity index (χ0) is 15.3.